The lowest BCUT2D eigenvalue weighted by Crippen LogP contribution is -2.19. The van der Waals surface area contributed by atoms with E-state index in [9.17, 15) is 0 Å². The molecular weight excluding hydrogens is 159 g/mol. The van der Waals surface area contributed by atoms with Gasteiger partial charge in [0, 0.05) is 14.1 Å². The molecule has 0 fully saturated rings. The van der Waals surface area contributed by atoms with E-state index in [1.807, 2.05) is 23.9 Å². The molecule has 0 aromatic heterocycles. The second-order valence-electron chi connectivity index (χ2n) is 2.12. The Bertz CT molecular complexity index is 139. The van der Waals surface area contributed by atoms with Crippen LogP contribution in [0.4, 0.5) is 0 Å². The maximum absolute atomic E-state index is 5.74. The lowest BCUT2D eigenvalue weighted by molar-refractivity contribution is 0.332. The number of hydrogen-bond acceptors (Lipinski definition) is 2. The van der Waals surface area contributed by atoms with Crippen LogP contribution < -0.4 is 0 Å². The molecule has 1 rings (SSSR count). The Morgan fingerprint density at radius 2 is 1.44 bits per heavy atom. The van der Waals surface area contributed by atoms with Crippen LogP contribution in [-0.2, 0) is 0 Å². The maximum atomic E-state index is 5.74. The van der Waals surface area contributed by atoms with Crippen LogP contribution in [0.1, 0.15) is 0 Å². The molecule has 0 saturated carbocycles. The normalized spacial score (nSPS) is 20.0. The Hall–Kier alpha value is -0.0800. The average molecular weight is 167 g/mol. The molecule has 4 heteroatoms. The van der Waals surface area contributed by atoms with Crippen molar-refractivity contribution in [3.8, 4) is 0 Å². The monoisotopic (exact) mass is 166 g/mol. The molecule has 0 spiro atoms. The van der Waals surface area contributed by atoms with Crippen LogP contribution in [0.5, 0.6) is 0 Å². The largest absolute Gasteiger partial charge is 0.345 e. The molecule has 0 radical (unpaired) electrons. The van der Waals surface area contributed by atoms with E-state index in [0.29, 0.717) is 10.3 Å². The molecule has 1 heterocycles. The van der Waals surface area contributed by atoms with Crippen molar-refractivity contribution in [3.63, 3.8) is 0 Å². The lowest BCUT2D eigenvalue weighted by Gasteiger charge is -2.12. The number of hydrogen-bond donors (Lipinski definition) is 0. The number of halogens is 2. The van der Waals surface area contributed by atoms with Crippen molar-refractivity contribution in [1.82, 2.24) is 9.80 Å². The van der Waals surface area contributed by atoms with Crippen molar-refractivity contribution in [2.24, 2.45) is 0 Å². The van der Waals surface area contributed by atoms with Crippen LogP contribution in [0.25, 0.3) is 0 Å². The predicted octanol–water partition coefficient (Wildman–Crippen LogP) is 1.43. The molecule has 0 aliphatic carbocycles. The van der Waals surface area contributed by atoms with E-state index in [-0.39, 0.29) is 0 Å². The Balaban J connectivity index is 2.79. The van der Waals surface area contributed by atoms with Gasteiger partial charge >= 0.3 is 0 Å². The van der Waals surface area contributed by atoms with Crippen LogP contribution in [0.2, 0.25) is 0 Å². The van der Waals surface area contributed by atoms with Crippen LogP contribution in [0.3, 0.4) is 0 Å². The number of rotatable bonds is 0. The highest BCUT2D eigenvalue weighted by atomic mass is 35.5. The third kappa shape index (κ3) is 1.10. The molecule has 0 unspecified atom stereocenters. The SMILES string of the molecule is CN1CN(C)C(Cl)=C1Cl. The van der Waals surface area contributed by atoms with Gasteiger partial charge in [-0.3, -0.25) is 0 Å². The van der Waals surface area contributed by atoms with Gasteiger partial charge in [-0.2, -0.15) is 0 Å². The van der Waals surface area contributed by atoms with E-state index in [4.69, 9.17) is 23.2 Å². The summed E-state index contributed by atoms with van der Waals surface area (Å²) in [4.78, 5) is 3.76. The van der Waals surface area contributed by atoms with Gasteiger partial charge in [0.2, 0.25) is 0 Å². The summed E-state index contributed by atoms with van der Waals surface area (Å²) in [5.41, 5.74) is 0. The van der Waals surface area contributed by atoms with Crippen molar-refractivity contribution >= 4 is 23.2 Å². The van der Waals surface area contributed by atoms with Crippen molar-refractivity contribution in [2.75, 3.05) is 20.8 Å². The molecule has 0 aromatic rings. The number of nitrogens with zero attached hydrogens (tertiary/aromatic N) is 2. The third-order valence-electron chi connectivity index (χ3n) is 1.26. The van der Waals surface area contributed by atoms with Crippen LogP contribution >= 0.6 is 23.2 Å². The van der Waals surface area contributed by atoms with E-state index in [0.717, 1.165) is 6.67 Å². The maximum Gasteiger partial charge on any atom is 0.141 e. The van der Waals surface area contributed by atoms with Gasteiger partial charge in [0.25, 0.3) is 0 Å². The Morgan fingerprint density at radius 1 is 1.11 bits per heavy atom. The highest BCUT2D eigenvalue weighted by molar-refractivity contribution is 6.38. The van der Waals surface area contributed by atoms with E-state index >= 15 is 0 Å². The Morgan fingerprint density at radius 3 is 1.56 bits per heavy atom. The summed E-state index contributed by atoms with van der Waals surface area (Å²) in [6.45, 7) is 0.775. The second kappa shape index (κ2) is 2.27. The second-order valence-corrected chi connectivity index (χ2v) is 2.83. The topological polar surface area (TPSA) is 6.48 Å². The summed E-state index contributed by atoms with van der Waals surface area (Å²) < 4.78 is 0. The van der Waals surface area contributed by atoms with Gasteiger partial charge in [0.05, 0.1) is 6.67 Å². The van der Waals surface area contributed by atoms with Gasteiger partial charge in [0.15, 0.2) is 0 Å². The van der Waals surface area contributed by atoms with Gasteiger partial charge in [0.1, 0.15) is 10.3 Å². The molecule has 0 aromatic carbocycles. The molecule has 2 nitrogen and oxygen atoms in total. The van der Waals surface area contributed by atoms with Crippen molar-refractivity contribution in [2.45, 2.75) is 0 Å². The molecule has 52 valence electrons. The molecule has 0 saturated heterocycles. The molecule has 0 N–H and O–H groups in total. The summed E-state index contributed by atoms with van der Waals surface area (Å²) >= 11 is 11.5. The summed E-state index contributed by atoms with van der Waals surface area (Å²) in [5.74, 6) is 0. The Kier molecular flexibility index (Phi) is 1.78. The van der Waals surface area contributed by atoms with Crippen LogP contribution in [-0.4, -0.2) is 30.6 Å². The molecular formula is C5H8Cl2N2. The van der Waals surface area contributed by atoms with Gasteiger partial charge in [-0.25, -0.2) is 0 Å². The quantitative estimate of drug-likeness (QED) is 0.503. The van der Waals surface area contributed by atoms with Gasteiger partial charge in [-0.1, -0.05) is 23.2 Å². The Labute approximate surface area is 64.6 Å². The molecule has 0 amide bonds. The minimum Gasteiger partial charge on any atom is -0.345 e. The zero-order chi connectivity index (χ0) is 7.02. The minimum atomic E-state index is 0.624. The van der Waals surface area contributed by atoms with E-state index in [2.05, 4.69) is 0 Å². The fraction of sp³-hybridized carbons (Fsp3) is 0.600. The van der Waals surface area contributed by atoms with Crippen molar-refractivity contribution < 1.29 is 0 Å². The predicted molar refractivity (Wildman–Crippen MR) is 39.1 cm³/mol. The summed E-state index contributed by atoms with van der Waals surface area (Å²) in [6.07, 6.45) is 0. The van der Waals surface area contributed by atoms with Crippen LogP contribution in [0.15, 0.2) is 10.3 Å². The summed E-state index contributed by atoms with van der Waals surface area (Å²) in [5, 5.41) is 1.25. The van der Waals surface area contributed by atoms with E-state index in [1.165, 1.54) is 0 Å². The first-order chi connectivity index (χ1) is 4.13. The molecule has 1 aliphatic rings. The van der Waals surface area contributed by atoms with Gasteiger partial charge in [-0.05, 0) is 0 Å². The average Bonchev–Trinajstić information content (AvgIpc) is 1.98. The molecule has 0 atom stereocenters. The fourth-order valence-corrected chi connectivity index (χ4v) is 1.15. The zero-order valence-corrected chi connectivity index (χ0v) is 6.87. The standard InChI is InChI=1S/C5H8Cl2N2/c1-8-3-9(2)5(7)4(8)6/h3H2,1-2H3. The molecule has 9 heavy (non-hydrogen) atoms. The minimum absolute atomic E-state index is 0.624. The van der Waals surface area contributed by atoms with Gasteiger partial charge < -0.3 is 9.80 Å². The highest BCUT2D eigenvalue weighted by Gasteiger charge is 2.19. The van der Waals surface area contributed by atoms with E-state index in [1.54, 1.807) is 0 Å². The zero-order valence-electron chi connectivity index (χ0n) is 5.36. The third-order valence-corrected chi connectivity index (χ3v) is 2.30. The van der Waals surface area contributed by atoms with E-state index < -0.39 is 0 Å². The van der Waals surface area contributed by atoms with Crippen LogP contribution in [0, 0.1) is 0 Å². The first-order valence-corrected chi connectivity index (χ1v) is 3.36. The first kappa shape index (κ1) is 7.03. The van der Waals surface area contributed by atoms with Crippen molar-refractivity contribution in [1.29, 1.82) is 0 Å². The summed E-state index contributed by atoms with van der Waals surface area (Å²) in [7, 11) is 3.79. The van der Waals surface area contributed by atoms with Gasteiger partial charge in [-0.15, -0.1) is 0 Å². The molecule has 0 bridgehead atoms. The lowest BCUT2D eigenvalue weighted by atomic mass is 10.8. The molecule has 1 aliphatic heterocycles. The first-order valence-electron chi connectivity index (χ1n) is 2.60. The summed E-state index contributed by atoms with van der Waals surface area (Å²) in [6, 6.07) is 0. The fourth-order valence-electron chi connectivity index (χ4n) is 0.757. The van der Waals surface area contributed by atoms with Crippen molar-refractivity contribution in [3.05, 3.63) is 10.3 Å². The highest BCUT2D eigenvalue weighted by Crippen LogP contribution is 2.25. The smallest absolute Gasteiger partial charge is 0.141 e.